The van der Waals surface area contributed by atoms with E-state index in [2.05, 4.69) is 9.97 Å². The van der Waals surface area contributed by atoms with E-state index in [1.807, 2.05) is 23.1 Å². The lowest BCUT2D eigenvalue weighted by molar-refractivity contribution is -0.132. The molecule has 2 amide bonds. The molecule has 2 aromatic heterocycles. The van der Waals surface area contributed by atoms with Crippen LogP contribution in [0.5, 0.6) is 0 Å². The molecule has 1 saturated heterocycles. The average molecular weight is 455 g/mol. The van der Waals surface area contributed by atoms with Crippen molar-refractivity contribution in [3.8, 4) is 0 Å². The van der Waals surface area contributed by atoms with Gasteiger partial charge in [0.25, 0.3) is 5.91 Å². The van der Waals surface area contributed by atoms with Crippen molar-refractivity contribution in [1.29, 1.82) is 0 Å². The van der Waals surface area contributed by atoms with Crippen molar-refractivity contribution in [1.82, 2.24) is 14.9 Å². The highest BCUT2D eigenvalue weighted by Crippen LogP contribution is 2.40. The van der Waals surface area contributed by atoms with Crippen molar-refractivity contribution in [2.75, 3.05) is 18.0 Å². The number of anilines is 1. The highest BCUT2D eigenvalue weighted by molar-refractivity contribution is 6.31. The molecule has 2 aliphatic heterocycles. The number of nitrogens with zero attached hydrogens (tertiary/aromatic N) is 4. The van der Waals surface area contributed by atoms with Gasteiger partial charge in [-0.3, -0.25) is 14.5 Å². The van der Waals surface area contributed by atoms with E-state index in [-0.39, 0.29) is 18.2 Å². The molecule has 1 aromatic carbocycles. The number of halogens is 2. The van der Waals surface area contributed by atoms with Gasteiger partial charge in [0.15, 0.2) is 5.65 Å². The Balaban J connectivity index is 1.55. The van der Waals surface area contributed by atoms with Crippen LogP contribution in [0.25, 0.3) is 11.0 Å². The summed E-state index contributed by atoms with van der Waals surface area (Å²) in [5, 5.41) is 1.63. The van der Waals surface area contributed by atoms with Gasteiger partial charge in [-0.2, -0.15) is 0 Å². The Kier molecular flexibility index (Phi) is 5.28. The van der Waals surface area contributed by atoms with E-state index in [4.69, 9.17) is 23.2 Å². The minimum absolute atomic E-state index is 0.0484. The summed E-state index contributed by atoms with van der Waals surface area (Å²) >= 11 is 12.2. The number of piperidine rings is 1. The topological polar surface area (TPSA) is 66.4 Å². The summed E-state index contributed by atoms with van der Waals surface area (Å²) < 4.78 is 0. The number of aromatic nitrogens is 2. The van der Waals surface area contributed by atoms with Gasteiger partial charge in [0.1, 0.15) is 11.0 Å². The molecule has 1 fully saturated rings. The molecular weight excluding hydrogens is 435 g/mol. The molecule has 5 rings (SSSR count). The molecule has 0 aliphatic carbocycles. The Morgan fingerprint density at radius 3 is 2.58 bits per heavy atom. The lowest BCUT2D eigenvalue weighted by Crippen LogP contribution is -2.38. The Hall–Kier alpha value is -2.70. The zero-order chi connectivity index (χ0) is 21.5. The molecule has 3 aromatic rings. The van der Waals surface area contributed by atoms with Crippen LogP contribution >= 0.6 is 23.2 Å². The lowest BCUT2D eigenvalue weighted by atomic mass is 10.0. The normalized spacial score (nSPS) is 18.5. The van der Waals surface area contributed by atoms with Gasteiger partial charge in [-0.05, 0) is 61.2 Å². The van der Waals surface area contributed by atoms with E-state index in [0.717, 1.165) is 43.3 Å². The van der Waals surface area contributed by atoms with Crippen LogP contribution in [0.3, 0.4) is 0 Å². The van der Waals surface area contributed by atoms with Crippen molar-refractivity contribution in [3.63, 3.8) is 0 Å². The van der Waals surface area contributed by atoms with E-state index in [1.54, 1.807) is 29.2 Å². The number of pyridine rings is 2. The first-order valence-corrected chi connectivity index (χ1v) is 11.1. The molecule has 4 heterocycles. The maximum atomic E-state index is 13.4. The molecule has 6 nitrogen and oxygen atoms in total. The minimum atomic E-state index is -0.446. The summed E-state index contributed by atoms with van der Waals surface area (Å²) in [5.74, 6) is 0.270. The predicted molar refractivity (Wildman–Crippen MR) is 121 cm³/mol. The number of hydrogen-bond acceptors (Lipinski definition) is 4. The quantitative estimate of drug-likeness (QED) is 0.519. The van der Waals surface area contributed by atoms with Crippen LogP contribution in [-0.2, 0) is 4.79 Å². The maximum absolute atomic E-state index is 13.4. The third-order valence-electron chi connectivity index (χ3n) is 5.96. The molecular formula is C23H20Cl2N4O2. The average Bonchev–Trinajstić information content (AvgIpc) is 3.04. The number of likely N-dealkylation sites (tertiary alicyclic amines) is 1. The van der Waals surface area contributed by atoms with Gasteiger partial charge < -0.3 is 4.90 Å². The molecule has 0 N–H and O–H groups in total. The van der Waals surface area contributed by atoms with Crippen LogP contribution in [0.15, 0.2) is 42.5 Å². The third kappa shape index (κ3) is 3.75. The summed E-state index contributed by atoms with van der Waals surface area (Å²) in [5.41, 5.74) is 1.75. The van der Waals surface area contributed by atoms with Crippen molar-refractivity contribution in [2.45, 2.75) is 31.7 Å². The van der Waals surface area contributed by atoms with E-state index < -0.39 is 6.04 Å². The Morgan fingerprint density at radius 2 is 1.77 bits per heavy atom. The van der Waals surface area contributed by atoms with E-state index in [0.29, 0.717) is 27.2 Å². The second-order valence-electron chi connectivity index (χ2n) is 7.92. The first kappa shape index (κ1) is 20.2. The fourth-order valence-corrected chi connectivity index (χ4v) is 4.73. The summed E-state index contributed by atoms with van der Waals surface area (Å²) in [7, 11) is 0. The molecule has 8 heteroatoms. The van der Waals surface area contributed by atoms with Crippen LogP contribution in [0, 0.1) is 0 Å². The van der Waals surface area contributed by atoms with Crippen LogP contribution in [0.4, 0.5) is 5.82 Å². The van der Waals surface area contributed by atoms with Gasteiger partial charge >= 0.3 is 0 Å². The van der Waals surface area contributed by atoms with Crippen LogP contribution < -0.4 is 4.90 Å². The highest BCUT2D eigenvalue weighted by atomic mass is 35.5. The highest BCUT2D eigenvalue weighted by Gasteiger charge is 2.40. The molecule has 0 bridgehead atoms. The predicted octanol–water partition coefficient (Wildman–Crippen LogP) is 5.04. The molecule has 0 saturated carbocycles. The van der Waals surface area contributed by atoms with E-state index in [1.165, 1.54) is 0 Å². The molecule has 1 atom stereocenters. The van der Waals surface area contributed by atoms with Crippen LogP contribution in [-0.4, -0.2) is 39.8 Å². The van der Waals surface area contributed by atoms with Gasteiger partial charge in [0.05, 0.1) is 12.5 Å². The number of carbonyl (C=O) groups excluding carboxylic acids is 2. The largest absolute Gasteiger partial charge is 0.343 e. The molecule has 158 valence electrons. The maximum Gasteiger partial charge on any atom is 0.260 e. The number of hydrogen-bond donors (Lipinski definition) is 0. The Labute approximate surface area is 189 Å². The molecule has 2 aliphatic rings. The smallest absolute Gasteiger partial charge is 0.260 e. The van der Waals surface area contributed by atoms with Gasteiger partial charge in [-0.1, -0.05) is 29.3 Å². The summed E-state index contributed by atoms with van der Waals surface area (Å²) in [6.07, 6.45) is 3.38. The van der Waals surface area contributed by atoms with Crippen molar-refractivity contribution in [2.24, 2.45) is 0 Å². The number of benzene rings is 1. The fourth-order valence-electron chi connectivity index (χ4n) is 4.42. The molecule has 0 spiro atoms. The number of fused-ring (bicyclic) bond motifs is 2. The number of rotatable bonds is 3. The lowest BCUT2D eigenvalue weighted by Gasteiger charge is -2.30. The number of amides is 2. The summed E-state index contributed by atoms with van der Waals surface area (Å²) in [4.78, 5) is 38.8. The first-order chi connectivity index (χ1) is 15.0. The zero-order valence-corrected chi connectivity index (χ0v) is 18.2. The standard InChI is InChI=1S/C23H20Cl2N4O2/c24-15-6-7-16-17(12-15)23(31)29(18(16)13-21(30)28-10-2-1-3-11-28)20-9-5-14-4-8-19(25)26-22(14)27-20/h4-9,12,18H,1-3,10-11,13H2. The van der Waals surface area contributed by atoms with Gasteiger partial charge in [-0.25, -0.2) is 9.97 Å². The summed E-state index contributed by atoms with van der Waals surface area (Å²) in [6, 6.07) is 12.0. The SMILES string of the molecule is O=C(CC1c2ccc(Cl)cc2C(=O)N1c1ccc2ccc(Cl)nc2n1)N1CCCCC1. The number of carbonyl (C=O) groups is 2. The molecule has 0 radical (unpaired) electrons. The van der Waals surface area contributed by atoms with E-state index in [9.17, 15) is 9.59 Å². The third-order valence-corrected chi connectivity index (χ3v) is 6.41. The van der Waals surface area contributed by atoms with Crippen LogP contribution in [0.2, 0.25) is 10.2 Å². The Bertz CT molecular complexity index is 1190. The zero-order valence-electron chi connectivity index (χ0n) is 16.7. The molecule has 31 heavy (non-hydrogen) atoms. The van der Waals surface area contributed by atoms with Crippen molar-refractivity contribution < 1.29 is 9.59 Å². The minimum Gasteiger partial charge on any atom is -0.343 e. The van der Waals surface area contributed by atoms with Crippen molar-refractivity contribution >= 4 is 51.9 Å². The van der Waals surface area contributed by atoms with Crippen molar-refractivity contribution in [3.05, 3.63) is 63.8 Å². The first-order valence-electron chi connectivity index (χ1n) is 10.4. The summed E-state index contributed by atoms with van der Waals surface area (Å²) in [6.45, 7) is 1.53. The van der Waals surface area contributed by atoms with Gasteiger partial charge in [-0.15, -0.1) is 0 Å². The second kappa shape index (κ2) is 8.09. The molecule has 1 unspecified atom stereocenters. The monoisotopic (exact) mass is 454 g/mol. The van der Waals surface area contributed by atoms with Crippen LogP contribution in [0.1, 0.15) is 47.6 Å². The van der Waals surface area contributed by atoms with Gasteiger partial charge in [0, 0.05) is 29.1 Å². The van der Waals surface area contributed by atoms with Gasteiger partial charge in [0.2, 0.25) is 5.91 Å². The second-order valence-corrected chi connectivity index (χ2v) is 8.74. The van der Waals surface area contributed by atoms with E-state index >= 15 is 0 Å². The Morgan fingerprint density at radius 1 is 1.00 bits per heavy atom. The fraction of sp³-hybridized carbons (Fsp3) is 0.304.